The normalized spacial score (nSPS) is 14.2. The van der Waals surface area contributed by atoms with Gasteiger partial charge in [0.15, 0.2) is 0 Å². The highest BCUT2D eigenvalue weighted by molar-refractivity contribution is 5.86. The Morgan fingerprint density at radius 3 is 1.55 bits per heavy atom. The Morgan fingerprint density at radius 2 is 1.16 bits per heavy atom. The fraction of sp³-hybridized carbons (Fsp3) is 0.333. The molecule has 0 aromatic heterocycles. The lowest BCUT2D eigenvalue weighted by molar-refractivity contribution is -0.124. The van der Waals surface area contributed by atoms with E-state index in [9.17, 15) is 9.59 Å². The van der Waals surface area contributed by atoms with Crippen molar-refractivity contribution in [3.8, 4) is 0 Å². The first kappa shape index (κ1) is 35.1. The van der Waals surface area contributed by atoms with Crippen molar-refractivity contribution < 1.29 is 9.59 Å². The Morgan fingerprint density at radius 1 is 0.737 bits per heavy atom. The Labute approximate surface area is 239 Å². The van der Waals surface area contributed by atoms with E-state index < -0.39 is 17.0 Å². The largest absolute Gasteiger partial charge is 0.368 e. The minimum absolute atomic E-state index is 0. The third-order valence-electron chi connectivity index (χ3n) is 6.31. The van der Waals surface area contributed by atoms with Gasteiger partial charge in [-0.15, -0.1) is 24.8 Å². The van der Waals surface area contributed by atoms with Crippen LogP contribution < -0.4 is 22.5 Å². The first-order valence-corrected chi connectivity index (χ1v) is 12.1. The number of hydrogen-bond acceptors (Lipinski definition) is 4. The zero-order valence-corrected chi connectivity index (χ0v) is 24.5. The molecule has 7 N–H and O–H groups in total. The van der Waals surface area contributed by atoms with Crippen LogP contribution in [-0.4, -0.2) is 22.9 Å². The van der Waals surface area contributed by atoms with Gasteiger partial charge in [-0.3, -0.25) is 14.9 Å². The molecule has 0 saturated carbocycles. The number of amides is 2. The smallest absolute Gasteiger partial charge is 0.237 e. The van der Waals surface area contributed by atoms with E-state index in [1.54, 1.807) is 6.92 Å². The van der Waals surface area contributed by atoms with Crippen molar-refractivity contribution in [1.29, 1.82) is 0 Å². The first-order valence-electron chi connectivity index (χ1n) is 12.1. The number of hydrogen-bond donors (Lipinski definition) is 4. The van der Waals surface area contributed by atoms with Crippen LogP contribution in [0.15, 0.2) is 78.9 Å². The number of rotatable bonds is 9. The van der Waals surface area contributed by atoms with Crippen molar-refractivity contribution in [2.24, 2.45) is 17.2 Å². The van der Waals surface area contributed by atoms with Crippen LogP contribution in [0.5, 0.6) is 0 Å². The summed E-state index contributed by atoms with van der Waals surface area (Å²) in [4.78, 5) is 23.0. The summed E-state index contributed by atoms with van der Waals surface area (Å²) in [5, 5.41) is 3.40. The van der Waals surface area contributed by atoms with Crippen LogP contribution in [0.2, 0.25) is 0 Å². The van der Waals surface area contributed by atoms with Crippen LogP contribution in [0.25, 0.3) is 0 Å². The maximum Gasteiger partial charge on any atom is 0.237 e. The number of nitrogens with two attached hydrogens (primary N) is 3. The van der Waals surface area contributed by atoms with Gasteiger partial charge in [0.05, 0.1) is 11.1 Å². The molecule has 6 nitrogen and oxygen atoms in total. The van der Waals surface area contributed by atoms with E-state index in [-0.39, 0.29) is 36.8 Å². The van der Waals surface area contributed by atoms with Crippen LogP contribution in [0.1, 0.15) is 54.6 Å². The molecule has 0 aliphatic heterocycles. The monoisotopic (exact) mass is 560 g/mol. The molecule has 0 fully saturated rings. The van der Waals surface area contributed by atoms with Gasteiger partial charge < -0.3 is 17.2 Å². The Kier molecular flexibility index (Phi) is 14.3. The molecule has 38 heavy (non-hydrogen) atoms. The summed E-state index contributed by atoms with van der Waals surface area (Å²) in [5.74, 6) is -0.811. The number of primary amides is 2. The van der Waals surface area contributed by atoms with Crippen molar-refractivity contribution in [2.75, 3.05) is 0 Å². The number of carbonyl (C=O) groups is 2. The summed E-state index contributed by atoms with van der Waals surface area (Å²) in [6, 6.07) is 26.2. The van der Waals surface area contributed by atoms with Crippen LogP contribution in [-0.2, 0) is 22.4 Å². The average molecular weight is 562 g/mol. The van der Waals surface area contributed by atoms with E-state index >= 15 is 0 Å². The number of halogens is 2. The van der Waals surface area contributed by atoms with Gasteiger partial charge in [0, 0.05) is 6.04 Å². The zero-order valence-electron chi connectivity index (χ0n) is 22.9. The topological polar surface area (TPSA) is 124 Å². The molecule has 2 amide bonds. The summed E-state index contributed by atoms with van der Waals surface area (Å²) in [5.41, 5.74) is 20.5. The molecule has 8 heteroatoms. The Balaban J connectivity index is 0.000000748. The van der Waals surface area contributed by atoms with Gasteiger partial charge in [-0.25, -0.2) is 0 Å². The van der Waals surface area contributed by atoms with Gasteiger partial charge in [-0.05, 0) is 64.2 Å². The molecule has 0 radical (unpaired) electrons. The molecule has 1 unspecified atom stereocenters. The molecule has 3 rings (SSSR count). The lowest BCUT2D eigenvalue weighted by Crippen LogP contribution is -2.55. The molecule has 0 heterocycles. The molecule has 3 aromatic carbocycles. The van der Waals surface area contributed by atoms with Crippen LogP contribution >= 0.6 is 24.8 Å². The van der Waals surface area contributed by atoms with Crippen LogP contribution in [0, 0.1) is 13.8 Å². The molecule has 0 spiro atoms. The van der Waals surface area contributed by atoms with Crippen molar-refractivity contribution in [2.45, 2.75) is 64.6 Å². The van der Waals surface area contributed by atoms with E-state index in [4.69, 9.17) is 17.2 Å². The van der Waals surface area contributed by atoms with Crippen molar-refractivity contribution in [3.63, 3.8) is 0 Å². The summed E-state index contributed by atoms with van der Waals surface area (Å²) < 4.78 is 0. The fourth-order valence-corrected chi connectivity index (χ4v) is 3.84. The van der Waals surface area contributed by atoms with E-state index in [1.165, 1.54) is 11.1 Å². The molecule has 0 bridgehead atoms. The van der Waals surface area contributed by atoms with Gasteiger partial charge in [-0.2, -0.15) is 0 Å². The molecule has 0 aliphatic rings. The second kappa shape index (κ2) is 15.5. The zero-order chi connectivity index (χ0) is 26.9. The minimum atomic E-state index is -0.963. The standard InChI is InChI=1S/C19H24N2O.C11H16N2O.2ClH/c1-14-9-11-16(12-10-14)13-19(3,18(20)22)21-15(2)17-7-5-4-6-8-17;1-8-3-5-9(6-4-8)7-11(2,13)10(12)14;;/h4-12,15,21H,13H2,1-3H3,(H2,20,22);3-6H,7,13H2,1-2H3,(H2,12,14);2*1H/t15?,19-;11-;;/m00../s1. The van der Waals surface area contributed by atoms with Gasteiger partial charge in [0.25, 0.3) is 0 Å². The molecule has 208 valence electrons. The molecule has 0 aliphatic carbocycles. The number of aryl methyl sites for hydroxylation is 2. The van der Waals surface area contributed by atoms with Crippen molar-refractivity contribution in [1.82, 2.24) is 5.32 Å². The molecule has 3 aromatic rings. The average Bonchev–Trinajstić information content (AvgIpc) is 2.82. The molecule has 3 atom stereocenters. The van der Waals surface area contributed by atoms with Crippen molar-refractivity contribution in [3.05, 3.63) is 107 Å². The van der Waals surface area contributed by atoms with Crippen LogP contribution in [0.4, 0.5) is 0 Å². The third kappa shape index (κ3) is 10.8. The summed E-state index contributed by atoms with van der Waals surface area (Å²) in [6.07, 6.45) is 1.04. The summed E-state index contributed by atoms with van der Waals surface area (Å²) in [7, 11) is 0. The van der Waals surface area contributed by atoms with E-state index in [1.807, 2.05) is 94.4 Å². The predicted octanol–water partition coefficient (Wildman–Crippen LogP) is 4.72. The van der Waals surface area contributed by atoms with E-state index in [2.05, 4.69) is 17.4 Å². The fourth-order valence-electron chi connectivity index (χ4n) is 3.84. The van der Waals surface area contributed by atoms with Gasteiger partial charge in [0.1, 0.15) is 0 Å². The molecular formula is C30H42Cl2N4O2. The lowest BCUT2D eigenvalue weighted by atomic mass is 9.90. The number of carbonyl (C=O) groups excluding carboxylic acids is 2. The second-order valence-corrected chi connectivity index (χ2v) is 10.1. The van der Waals surface area contributed by atoms with E-state index in [0.717, 1.165) is 16.7 Å². The highest BCUT2D eigenvalue weighted by Crippen LogP contribution is 2.20. The Bertz CT molecular complexity index is 1140. The van der Waals surface area contributed by atoms with Gasteiger partial charge in [-0.1, -0.05) is 90.0 Å². The quantitative estimate of drug-likeness (QED) is 0.302. The number of nitrogens with one attached hydrogen (secondary N) is 1. The molecular weight excluding hydrogens is 519 g/mol. The SMILES string of the molecule is Cc1ccc(C[C@](C)(N)C(N)=O)cc1.Cc1ccc(C[C@](C)(NC(C)c2ccccc2)C(N)=O)cc1.Cl.Cl. The molecule has 0 saturated heterocycles. The Hall–Kier alpha value is -2.90. The first-order chi connectivity index (χ1) is 16.8. The van der Waals surface area contributed by atoms with Gasteiger partial charge in [0.2, 0.25) is 11.8 Å². The maximum atomic E-state index is 12.0. The second-order valence-electron chi connectivity index (χ2n) is 10.1. The maximum absolute atomic E-state index is 12.0. The predicted molar refractivity (Wildman–Crippen MR) is 162 cm³/mol. The minimum Gasteiger partial charge on any atom is -0.368 e. The summed E-state index contributed by atoms with van der Waals surface area (Å²) >= 11 is 0. The number of benzene rings is 3. The third-order valence-corrected chi connectivity index (χ3v) is 6.31. The summed E-state index contributed by atoms with van der Waals surface area (Å²) in [6.45, 7) is 9.63. The van der Waals surface area contributed by atoms with Crippen molar-refractivity contribution >= 4 is 36.6 Å². The van der Waals surface area contributed by atoms with E-state index in [0.29, 0.717) is 12.8 Å². The highest BCUT2D eigenvalue weighted by atomic mass is 35.5. The highest BCUT2D eigenvalue weighted by Gasteiger charge is 2.32. The van der Waals surface area contributed by atoms with Gasteiger partial charge >= 0.3 is 0 Å². The lowest BCUT2D eigenvalue weighted by Gasteiger charge is -2.31. The van der Waals surface area contributed by atoms with Crippen LogP contribution in [0.3, 0.4) is 0 Å².